The van der Waals surface area contributed by atoms with Crippen molar-refractivity contribution in [1.82, 2.24) is 30.0 Å². The molecule has 0 atom stereocenters. The number of hydrogen-bond acceptors (Lipinski definition) is 8. The van der Waals surface area contributed by atoms with Gasteiger partial charge in [-0.1, -0.05) is 0 Å². The summed E-state index contributed by atoms with van der Waals surface area (Å²) in [5.74, 6) is -2.05. The standard InChI is InChI=1S/C19H25N7O2.C2HF3O2/c1-13(27)16-11-17(23-22-16)19(28)26-5-3-14-15(4-6-26)20-12-21-18(14)25-9-7-24(2)8-10-25;3-2(4,5)1(6)7/h11-12H,3-10H2,1-2H3,(H,22,23);(H,6,7). The molecule has 4 rings (SSSR count). The number of halogens is 3. The largest absolute Gasteiger partial charge is 0.490 e. The number of amides is 1. The summed E-state index contributed by atoms with van der Waals surface area (Å²) in [5, 5.41) is 13.7. The molecule has 1 fully saturated rings. The Morgan fingerprint density at radius 2 is 1.66 bits per heavy atom. The number of carbonyl (C=O) groups excluding carboxylic acids is 2. The van der Waals surface area contributed by atoms with Gasteiger partial charge in [0.1, 0.15) is 23.5 Å². The molecule has 2 aliphatic rings. The predicted octanol–water partition coefficient (Wildman–Crippen LogP) is 1.03. The van der Waals surface area contributed by atoms with E-state index in [0.717, 1.165) is 49.7 Å². The average Bonchev–Trinajstić information content (AvgIpc) is 3.20. The second-order valence-corrected chi connectivity index (χ2v) is 8.23. The van der Waals surface area contributed by atoms with Gasteiger partial charge in [0.2, 0.25) is 0 Å². The molecule has 4 heterocycles. The minimum absolute atomic E-state index is 0.137. The van der Waals surface area contributed by atoms with Crippen molar-refractivity contribution in [2.45, 2.75) is 25.9 Å². The number of nitrogens with zero attached hydrogens (tertiary/aromatic N) is 6. The number of ketones is 1. The van der Waals surface area contributed by atoms with E-state index in [9.17, 15) is 22.8 Å². The van der Waals surface area contributed by atoms with E-state index in [1.165, 1.54) is 13.0 Å². The number of aromatic amines is 1. The van der Waals surface area contributed by atoms with Crippen molar-refractivity contribution in [3.63, 3.8) is 0 Å². The summed E-state index contributed by atoms with van der Waals surface area (Å²) in [6, 6.07) is 1.53. The molecule has 11 nitrogen and oxygen atoms in total. The topological polar surface area (TPSA) is 136 Å². The molecule has 0 radical (unpaired) electrons. The summed E-state index contributed by atoms with van der Waals surface area (Å²) in [6.45, 7) is 6.54. The number of carbonyl (C=O) groups is 3. The van der Waals surface area contributed by atoms with E-state index >= 15 is 0 Å². The molecule has 2 aromatic heterocycles. The lowest BCUT2D eigenvalue weighted by Crippen LogP contribution is -2.45. The highest BCUT2D eigenvalue weighted by molar-refractivity contribution is 5.97. The first-order chi connectivity index (χ1) is 16.5. The molecule has 0 unspecified atom stereocenters. The van der Waals surface area contributed by atoms with Crippen LogP contribution in [-0.2, 0) is 17.6 Å². The fraction of sp³-hybridized carbons (Fsp3) is 0.524. The third-order valence-corrected chi connectivity index (χ3v) is 5.76. The number of H-pyrrole nitrogens is 1. The van der Waals surface area contributed by atoms with Gasteiger partial charge in [0.25, 0.3) is 5.91 Å². The number of alkyl halides is 3. The van der Waals surface area contributed by atoms with Gasteiger partial charge in [-0.2, -0.15) is 18.3 Å². The second kappa shape index (κ2) is 10.8. The smallest absolute Gasteiger partial charge is 0.475 e. The van der Waals surface area contributed by atoms with E-state index < -0.39 is 12.1 Å². The Bertz CT molecular complexity index is 1080. The summed E-state index contributed by atoms with van der Waals surface area (Å²) in [5.41, 5.74) is 2.80. The van der Waals surface area contributed by atoms with Crippen molar-refractivity contribution in [3.05, 3.63) is 35.0 Å². The van der Waals surface area contributed by atoms with Gasteiger partial charge in [-0.15, -0.1) is 0 Å². The molecule has 0 spiro atoms. The van der Waals surface area contributed by atoms with Gasteiger partial charge in [0, 0.05) is 58.2 Å². The monoisotopic (exact) mass is 497 g/mol. The van der Waals surface area contributed by atoms with E-state index in [1.54, 1.807) is 11.2 Å². The van der Waals surface area contributed by atoms with Crippen molar-refractivity contribution in [2.75, 3.05) is 51.2 Å². The van der Waals surface area contributed by atoms with Crippen molar-refractivity contribution in [2.24, 2.45) is 0 Å². The molecule has 1 amide bonds. The third kappa shape index (κ3) is 6.53. The lowest BCUT2D eigenvalue weighted by molar-refractivity contribution is -0.192. The number of anilines is 1. The van der Waals surface area contributed by atoms with Gasteiger partial charge >= 0.3 is 12.1 Å². The highest BCUT2D eigenvalue weighted by atomic mass is 19.4. The molecular weight excluding hydrogens is 471 g/mol. The number of fused-ring (bicyclic) bond motifs is 1. The molecule has 0 saturated carbocycles. The van der Waals surface area contributed by atoms with Crippen LogP contribution in [0.15, 0.2) is 12.4 Å². The Labute approximate surface area is 198 Å². The van der Waals surface area contributed by atoms with Gasteiger partial charge in [-0.05, 0) is 19.5 Å². The van der Waals surface area contributed by atoms with Gasteiger partial charge < -0.3 is 19.8 Å². The fourth-order valence-electron chi connectivity index (χ4n) is 3.78. The van der Waals surface area contributed by atoms with Crippen LogP contribution in [0, 0.1) is 0 Å². The zero-order valence-electron chi connectivity index (χ0n) is 19.3. The number of aromatic nitrogens is 4. The van der Waals surface area contributed by atoms with Gasteiger partial charge in [-0.25, -0.2) is 14.8 Å². The minimum atomic E-state index is -5.08. The number of piperazine rings is 1. The Morgan fingerprint density at radius 3 is 2.23 bits per heavy atom. The third-order valence-electron chi connectivity index (χ3n) is 5.76. The zero-order chi connectivity index (χ0) is 25.8. The van der Waals surface area contributed by atoms with E-state index in [2.05, 4.69) is 37.0 Å². The average molecular weight is 497 g/mol. The highest BCUT2D eigenvalue weighted by Gasteiger charge is 2.38. The van der Waals surface area contributed by atoms with Crippen LogP contribution in [0.4, 0.5) is 19.0 Å². The molecule has 2 N–H and O–H groups in total. The quantitative estimate of drug-likeness (QED) is 0.596. The van der Waals surface area contributed by atoms with E-state index in [0.29, 0.717) is 25.2 Å². The number of likely N-dealkylation sites (N-methyl/N-ethyl adjacent to an activating group) is 1. The number of hydrogen-bond donors (Lipinski definition) is 2. The van der Waals surface area contributed by atoms with Crippen LogP contribution < -0.4 is 4.90 Å². The highest BCUT2D eigenvalue weighted by Crippen LogP contribution is 2.25. The van der Waals surface area contributed by atoms with Crippen molar-refractivity contribution < 1.29 is 32.7 Å². The zero-order valence-corrected chi connectivity index (χ0v) is 19.3. The number of nitrogens with one attached hydrogen (secondary N) is 1. The maximum Gasteiger partial charge on any atom is 0.490 e. The number of carboxylic acid groups (broad SMARTS) is 1. The summed E-state index contributed by atoms with van der Waals surface area (Å²) >= 11 is 0. The van der Waals surface area contributed by atoms with E-state index in [1.807, 2.05) is 0 Å². The molecule has 0 aromatic carbocycles. The van der Waals surface area contributed by atoms with Crippen molar-refractivity contribution in [3.8, 4) is 0 Å². The van der Waals surface area contributed by atoms with E-state index in [-0.39, 0.29) is 17.4 Å². The lowest BCUT2D eigenvalue weighted by Gasteiger charge is -2.34. The Morgan fingerprint density at radius 1 is 1.03 bits per heavy atom. The Balaban J connectivity index is 0.000000429. The predicted molar refractivity (Wildman–Crippen MR) is 117 cm³/mol. The van der Waals surface area contributed by atoms with Gasteiger partial charge in [0.05, 0.1) is 5.69 Å². The molecule has 0 aliphatic carbocycles. The van der Waals surface area contributed by atoms with E-state index in [4.69, 9.17) is 9.90 Å². The first kappa shape index (κ1) is 26.1. The molecule has 190 valence electrons. The van der Waals surface area contributed by atoms with Crippen LogP contribution in [0.1, 0.15) is 39.2 Å². The Hall–Kier alpha value is -3.55. The molecule has 1 saturated heterocycles. The van der Waals surface area contributed by atoms with Gasteiger partial charge in [0.15, 0.2) is 5.78 Å². The SMILES string of the molecule is CC(=O)c1cc(C(=O)N2CCc3ncnc(N4CCN(C)CC4)c3CC2)[nH]n1.O=C(O)C(F)(F)F. The summed E-state index contributed by atoms with van der Waals surface area (Å²) in [7, 11) is 2.13. The summed E-state index contributed by atoms with van der Waals surface area (Å²) < 4.78 is 31.7. The van der Waals surface area contributed by atoms with Crippen LogP contribution in [0.3, 0.4) is 0 Å². The molecular formula is C21H26F3N7O4. The van der Waals surface area contributed by atoms with Crippen molar-refractivity contribution >= 4 is 23.5 Å². The number of Topliss-reactive ketones (excluding diaryl/α,β-unsaturated/α-hetero) is 1. The molecule has 14 heteroatoms. The fourth-order valence-corrected chi connectivity index (χ4v) is 3.78. The molecule has 2 aliphatic heterocycles. The number of carboxylic acids is 1. The number of rotatable bonds is 3. The summed E-state index contributed by atoms with van der Waals surface area (Å²) in [6.07, 6.45) is -2.03. The summed E-state index contributed by atoms with van der Waals surface area (Å²) in [4.78, 5) is 48.7. The van der Waals surface area contributed by atoms with Crippen LogP contribution >= 0.6 is 0 Å². The van der Waals surface area contributed by atoms with Gasteiger partial charge in [-0.3, -0.25) is 14.7 Å². The maximum absolute atomic E-state index is 12.9. The van der Waals surface area contributed by atoms with Crippen LogP contribution in [0.25, 0.3) is 0 Å². The molecule has 2 aromatic rings. The number of aliphatic carboxylic acids is 1. The van der Waals surface area contributed by atoms with Crippen LogP contribution in [-0.4, -0.2) is 105 Å². The minimum Gasteiger partial charge on any atom is -0.475 e. The second-order valence-electron chi connectivity index (χ2n) is 8.23. The normalized spacial score (nSPS) is 16.6. The first-order valence-electron chi connectivity index (χ1n) is 10.9. The Kier molecular flexibility index (Phi) is 8.04. The van der Waals surface area contributed by atoms with Crippen LogP contribution in [0.5, 0.6) is 0 Å². The first-order valence-corrected chi connectivity index (χ1v) is 10.9. The van der Waals surface area contributed by atoms with Crippen molar-refractivity contribution in [1.29, 1.82) is 0 Å². The van der Waals surface area contributed by atoms with Crippen LogP contribution in [0.2, 0.25) is 0 Å². The maximum atomic E-state index is 12.9. The lowest BCUT2D eigenvalue weighted by atomic mass is 10.1. The molecule has 35 heavy (non-hydrogen) atoms. The molecule has 0 bridgehead atoms.